The number of fused-ring (bicyclic) bond motifs is 1. The Labute approximate surface area is 164 Å². The summed E-state index contributed by atoms with van der Waals surface area (Å²) in [6.45, 7) is 1.04. The van der Waals surface area contributed by atoms with Crippen molar-refractivity contribution >= 4 is 39.5 Å². The van der Waals surface area contributed by atoms with E-state index in [1.54, 1.807) is 22.9 Å². The second kappa shape index (κ2) is 8.28. The molecule has 3 aromatic heterocycles. The summed E-state index contributed by atoms with van der Waals surface area (Å²) in [6.07, 6.45) is 2.46. The summed E-state index contributed by atoms with van der Waals surface area (Å²) in [4.78, 5) is 21.0. The molecule has 1 aromatic carbocycles. The Balaban J connectivity index is 1.26. The average Bonchev–Trinajstić information content (AvgIpc) is 3.39. The Hall–Kier alpha value is -2.77. The van der Waals surface area contributed by atoms with Crippen molar-refractivity contribution in [2.24, 2.45) is 0 Å². The summed E-state index contributed by atoms with van der Waals surface area (Å²) < 4.78 is 5.83. The van der Waals surface area contributed by atoms with Gasteiger partial charge in [0.15, 0.2) is 0 Å². The van der Waals surface area contributed by atoms with Gasteiger partial charge in [0, 0.05) is 34.5 Å². The van der Waals surface area contributed by atoms with Crippen LogP contribution in [0.4, 0.5) is 0 Å². The molecule has 3 heterocycles. The monoisotopic (exact) mass is 395 g/mol. The molecule has 0 spiro atoms. The molecule has 0 atom stereocenters. The van der Waals surface area contributed by atoms with E-state index >= 15 is 0 Å². The van der Waals surface area contributed by atoms with E-state index in [1.165, 1.54) is 11.3 Å². The van der Waals surface area contributed by atoms with Crippen molar-refractivity contribution in [2.45, 2.75) is 6.42 Å². The number of nitrogens with one attached hydrogen (secondary N) is 1. The normalized spacial score (nSPS) is 10.8. The zero-order chi connectivity index (χ0) is 18.5. The molecule has 0 aliphatic heterocycles. The number of hydrogen-bond donors (Lipinski definition) is 1. The lowest BCUT2D eigenvalue weighted by Gasteiger charge is -2.09. The second-order valence-electron chi connectivity index (χ2n) is 5.84. The Morgan fingerprint density at radius 3 is 2.96 bits per heavy atom. The van der Waals surface area contributed by atoms with Crippen LogP contribution < -0.4 is 10.1 Å². The summed E-state index contributed by atoms with van der Waals surface area (Å²) in [5, 5.41) is 10.6. The summed E-state index contributed by atoms with van der Waals surface area (Å²) in [5.74, 6) is 0.610. The molecule has 0 saturated carbocycles. The number of para-hydroxylation sites is 1. The van der Waals surface area contributed by atoms with E-state index in [-0.39, 0.29) is 5.91 Å². The van der Waals surface area contributed by atoms with Crippen LogP contribution in [0.25, 0.3) is 21.5 Å². The van der Waals surface area contributed by atoms with E-state index in [9.17, 15) is 4.79 Å². The number of benzene rings is 1. The standard InChI is InChI=1S/C20H17N3O2S2/c24-19(16-13-27-20(23-16)15-7-11-26-12-15)22-9-3-10-25-17-6-1-4-14-5-2-8-21-18(14)17/h1-2,4-8,11-13H,3,9-10H2,(H,22,24). The molecule has 27 heavy (non-hydrogen) atoms. The fourth-order valence-corrected chi connectivity index (χ4v) is 4.15. The Kier molecular flexibility index (Phi) is 5.41. The molecule has 136 valence electrons. The fraction of sp³-hybridized carbons (Fsp3) is 0.150. The number of aromatic nitrogens is 2. The largest absolute Gasteiger partial charge is 0.491 e. The molecule has 1 N–H and O–H groups in total. The summed E-state index contributed by atoms with van der Waals surface area (Å²) in [5.41, 5.74) is 2.37. The van der Waals surface area contributed by atoms with Gasteiger partial charge in [-0.25, -0.2) is 4.98 Å². The van der Waals surface area contributed by atoms with Crippen LogP contribution in [0.1, 0.15) is 16.9 Å². The zero-order valence-electron chi connectivity index (χ0n) is 14.4. The van der Waals surface area contributed by atoms with Gasteiger partial charge in [-0.05, 0) is 30.0 Å². The highest BCUT2D eigenvalue weighted by molar-refractivity contribution is 7.14. The van der Waals surface area contributed by atoms with Crippen LogP contribution in [-0.4, -0.2) is 29.0 Å². The van der Waals surface area contributed by atoms with Crippen LogP contribution in [0.5, 0.6) is 5.75 Å². The molecule has 0 saturated heterocycles. The first kappa shape index (κ1) is 17.6. The van der Waals surface area contributed by atoms with Crippen molar-refractivity contribution in [3.8, 4) is 16.3 Å². The highest BCUT2D eigenvalue weighted by Crippen LogP contribution is 2.25. The van der Waals surface area contributed by atoms with Crippen molar-refractivity contribution in [2.75, 3.05) is 13.2 Å². The quantitative estimate of drug-likeness (QED) is 0.464. The van der Waals surface area contributed by atoms with Crippen LogP contribution in [0.2, 0.25) is 0 Å². The molecule has 0 bridgehead atoms. The highest BCUT2D eigenvalue weighted by atomic mass is 32.1. The molecular formula is C20H17N3O2S2. The fourth-order valence-electron chi connectivity index (χ4n) is 2.64. The number of pyridine rings is 1. The molecule has 0 aliphatic rings. The van der Waals surface area contributed by atoms with Crippen molar-refractivity contribution in [3.05, 3.63) is 64.4 Å². The van der Waals surface area contributed by atoms with Gasteiger partial charge in [-0.1, -0.05) is 18.2 Å². The second-order valence-corrected chi connectivity index (χ2v) is 7.48. The van der Waals surface area contributed by atoms with Gasteiger partial charge in [-0.15, -0.1) is 11.3 Å². The predicted octanol–water partition coefficient (Wildman–Crippen LogP) is 4.62. The maximum absolute atomic E-state index is 12.2. The maximum Gasteiger partial charge on any atom is 0.270 e. The van der Waals surface area contributed by atoms with Crippen LogP contribution in [-0.2, 0) is 0 Å². The van der Waals surface area contributed by atoms with Gasteiger partial charge in [-0.2, -0.15) is 11.3 Å². The first-order chi connectivity index (χ1) is 13.3. The molecule has 4 rings (SSSR count). The van der Waals surface area contributed by atoms with Gasteiger partial charge in [0.1, 0.15) is 22.0 Å². The summed E-state index contributed by atoms with van der Waals surface area (Å²) in [6, 6.07) is 11.8. The van der Waals surface area contributed by atoms with Crippen LogP contribution in [0.15, 0.2) is 58.7 Å². The van der Waals surface area contributed by atoms with Gasteiger partial charge < -0.3 is 10.1 Å². The first-order valence-electron chi connectivity index (χ1n) is 8.54. The van der Waals surface area contributed by atoms with Crippen molar-refractivity contribution in [3.63, 3.8) is 0 Å². The Morgan fingerprint density at radius 2 is 2.07 bits per heavy atom. The summed E-state index contributed by atoms with van der Waals surface area (Å²) in [7, 11) is 0. The van der Waals surface area contributed by atoms with E-state index in [4.69, 9.17) is 4.74 Å². The van der Waals surface area contributed by atoms with E-state index in [1.807, 2.05) is 47.2 Å². The topological polar surface area (TPSA) is 64.1 Å². The van der Waals surface area contributed by atoms with Gasteiger partial charge >= 0.3 is 0 Å². The summed E-state index contributed by atoms with van der Waals surface area (Å²) >= 11 is 3.10. The number of thiazole rings is 1. The van der Waals surface area contributed by atoms with Gasteiger partial charge in [-0.3, -0.25) is 9.78 Å². The number of carbonyl (C=O) groups is 1. The van der Waals surface area contributed by atoms with Gasteiger partial charge in [0.05, 0.1) is 6.61 Å². The minimum Gasteiger partial charge on any atom is -0.491 e. The zero-order valence-corrected chi connectivity index (χ0v) is 16.1. The van der Waals surface area contributed by atoms with E-state index in [0.29, 0.717) is 25.3 Å². The third-order valence-electron chi connectivity index (χ3n) is 3.96. The number of ether oxygens (including phenoxy) is 1. The maximum atomic E-state index is 12.2. The van der Waals surface area contributed by atoms with Crippen molar-refractivity contribution in [1.82, 2.24) is 15.3 Å². The number of carbonyl (C=O) groups excluding carboxylic acids is 1. The van der Waals surface area contributed by atoms with E-state index in [2.05, 4.69) is 15.3 Å². The predicted molar refractivity (Wildman–Crippen MR) is 110 cm³/mol. The van der Waals surface area contributed by atoms with Crippen molar-refractivity contribution in [1.29, 1.82) is 0 Å². The molecule has 7 heteroatoms. The molecule has 0 radical (unpaired) electrons. The minimum atomic E-state index is -0.153. The smallest absolute Gasteiger partial charge is 0.270 e. The van der Waals surface area contributed by atoms with E-state index < -0.39 is 0 Å². The molecule has 1 amide bonds. The minimum absolute atomic E-state index is 0.153. The lowest BCUT2D eigenvalue weighted by atomic mass is 10.2. The number of nitrogens with zero attached hydrogens (tertiary/aromatic N) is 2. The molecule has 0 aliphatic carbocycles. The molecule has 0 fully saturated rings. The van der Waals surface area contributed by atoms with Crippen LogP contribution in [0.3, 0.4) is 0 Å². The molecule has 4 aromatic rings. The third-order valence-corrected chi connectivity index (χ3v) is 5.54. The molecule has 0 unspecified atom stereocenters. The third kappa shape index (κ3) is 4.15. The van der Waals surface area contributed by atoms with Gasteiger partial charge in [0.2, 0.25) is 0 Å². The lowest BCUT2D eigenvalue weighted by Crippen LogP contribution is -2.25. The Morgan fingerprint density at radius 1 is 1.15 bits per heavy atom. The highest BCUT2D eigenvalue weighted by Gasteiger charge is 2.11. The number of rotatable bonds is 7. The molecular weight excluding hydrogens is 378 g/mol. The Bertz CT molecular complexity index is 1040. The van der Waals surface area contributed by atoms with Gasteiger partial charge in [0.25, 0.3) is 5.91 Å². The van der Waals surface area contributed by atoms with Crippen molar-refractivity contribution < 1.29 is 9.53 Å². The number of amides is 1. The lowest BCUT2D eigenvalue weighted by molar-refractivity contribution is 0.0947. The number of hydrogen-bond acceptors (Lipinski definition) is 6. The molecule has 5 nitrogen and oxygen atoms in total. The van der Waals surface area contributed by atoms with Crippen LogP contribution >= 0.6 is 22.7 Å². The first-order valence-corrected chi connectivity index (χ1v) is 10.4. The van der Waals surface area contributed by atoms with Crippen LogP contribution in [0, 0.1) is 0 Å². The van der Waals surface area contributed by atoms with E-state index in [0.717, 1.165) is 27.2 Å². The average molecular weight is 396 g/mol. The SMILES string of the molecule is O=C(NCCCOc1cccc2cccnc12)c1csc(-c2ccsc2)n1. The number of thiophene rings is 1.